The Hall–Kier alpha value is -0.920. The Bertz CT molecular complexity index is 150. The molecule has 0 aromatic rings. The van der Waals surface area contributed by atoms with Crippen molar-refractivity contribution in [1.82, 2.24) is 0 Å². The van der Waals surface area contributed by atoms with Crippen molar-refractivity contribution in [2.45, 2.75) is 19.3 Å². The summed E-state index contributed by atoms with van der Waals surface area (Å²) in [5, 5.41) is 0. The van der Waals surface area contributed by atoms with Crippen molar-refractivity contribution in [2.24, 2.45) is 0 Å². The van der Waals surface area contributed by atoms with Crippen molar-refractivity contribution < 1.29 is 9.59 Å². The van der Waals surface area contributed by atoms with E-state index >= 15 is 0 Å². The van der Waals surface area contributed by atoms with E-state index in [0.717, 1.165) is 6.42 Å². The van der Waals surface area contributed by atoms with E-state index in [0.29, 0.717) is 24.0 Å². The fourth-order valence-corrected chi connectivity index (χ4v) is 0.969. The van der Waals surface area contributed by atoms with Crippen LogP contribution < -0.4 is 0 Å². The molecular weight excluding hydrogens is 116 g/mol. The Kier molecular flexibility index (Phi) is 1.78. The standard InChI is InChI=1S/C7H6O2/c8-4-6-2-1-3-7(6)5-9/h1-3H2. The molecule has 0 spiro atoms. The molecule has 0 aromatic carbocycles. The molecular formula is C7H6O2. The van der Waals surface area contributed by atoms with Gasteiger partial charge in [-0.2, -0.15) is 0 Å². The first-order chi connectivity index (χ1) is 4.38. The number of rotatable bonds is 2. The van der Waals surface area contributed by atoms with Crippen LogP contribution in [0.1, 0.15) is 19.3 Å². The van der Waals surface area contributed by atoms with Crippen LogP contribution in [0.25, 0.3) is 0 Å². The fraction of sp³-hybridized carbons (Fsp3) is 0.429. The minimum absolute atomic E-state index is 0.519. The summed E-state index contributed by atoms with van der Waals surface area (Å²) in [4.78, 5) is 20.0. The van der Waals surface area contributed by atoms with E-state index in [1.54, 1.807) is 12.6 Å². The van der Waals surface area contributed by atoms with Gasteiger partial charge in [-0.1, -0.05) is 0 Å². The summed E-state index contributed by atoms with van der Waals surface area (Å²) < 4.78 is 0. The Morgan fingerprint density at radius 3 is 1.78 bits per heavy atom. The first-order valence-electron chi connectivity index (χ1n) is 2.87. The first kappa shape index (κ1) is 6.20. The Balaban J connectivity index is 2.81. The molecule has 0 fully saturated rings. The molecule has 2 nitrogen and oxygen atoms in total. The highest BCUT2D eigenvalue weighted by Gasteiger charge is 2.13. The van der Waals surface area contributed by atoms with Crippen molar-refractivity contribution in [1.29, 1.82) is 0 Å². The quantitative estimate of drug-likeness (QED) is 0.540. The van der Waals surface area contributed by atoms with E-state index in [4.69, 9.17) is 0 Å². The second-order valence-corrected chi connectivity index (χ2v) is 2.01. The van der Waals surface area contributed by atoms with Gasteiger partial charge < -0.3 is 0 Å². The average Bonchev–Trinajstić information content (AvgIpc) is 2.33. The van der Waals surface area contributed by atoms with Crippen molar-refractivity contribution in [3.05, 3.63) is 11.1 Å². The van der Waals surface area contributed by atoms with Gasteiger partial charge in [-0.3, -0.25) is 9.59 Å². The Morgan fingerprint density at radius 2 is 1.44 bits per heavy atom. The molecule has 0 aromatic heterocycles. The van der Waals surface area contributed by atoms with Gasteiger partial charge in [0.2, 0.25) is 12.6 Å². The zero-order valence-corrected chi connectivity index (χ0v) is 4.94. The van der Waals surface area contributed by atoms with Crippen LogP contribution in [0.4, 0.5) is 0 Å². The Labute approximate surface area is 53.6 Å². The van der Waals surface area contributed by atoms with E-state index in [1.807, 2.05) is 0 Å². The highest BCUT2D eigenvalue weighted by atomic mass is 16.1. The third-order valence-corrected chi connectivity index (χ3v) is 1.46. The number of hydrogen-bond acceptors (Lipinski definition) is 2. The van der Waals surface area contributed by atoms with E-state index in [-0.39, 0.29) is 0 Å². The zero-order chi connectivity index (χ0) is 6.69. The van der Waals surface area contributed by atoms with Crippen LogP contribution in [-0.4, -0.2) is 12.6 Å². The smallest absolute Gasteiger partial charge is 0.229 e. The summed E-state index contributed by atoms with van der Waals surface area (Å²) >= 11 is 0. The highest BCUT2D eigenvalue weighted by molar-refractivity contribution is 5.88. The van der Waals surface area contributed by atoms with Gasteiger partial charge in [0.05, 0.1) is 0 Å². The monoisotopic (exact) mass is 122 g/mol. The summed E-state index contributed by atoms with van der Waals surface area (Å²) in [6.45, 7) is 0. The highest BCUT2D eigenvalue weighted by Crippen LogP contribution is 2.22. The van der Waals surface area contributed by atoms with E-state index in [1.165, 1.54) is 0 Å². The fourth-order valence-electron chi connectivity index (χ4n) is 0.969. The molecule has 9 heavy (non-hydrogen) atoms. The molecule has 0 N–H and O–H groups in total. The normalized spacial score (nSPS) is 18.2. The minimum Gasteiger partial charge on any atom is -0.285 e. The average molecular weight is 122 g/mol. The van der Waals surface area contributed by atoms with Crippen molar-refractivity contribution >= 4 is 12.6 Å². The minimum atomic E-state index is 0.519. The molecule has 0 amide bonds. The largest absolute Gasteiger partial charge is 0.285 e. The van der Waals surface area contributed by atoms with Gasteiger partial charge in [0.1, 0.15) is 0 Å². The third kappa shape index (κ3) is 1.07. The van der Waals surface area contributed by atoms with Crippen LogP contribution in [0.5, 0.6) is 0 Å². The number of allylic oxidation sites excluding steroid dienone is 2. The Morgan fingerprint density at radius 1 is 1.00 bits per heavy atom. The molecule has 0 saturated carbocycles. The van der Waals surface area contributed by atoms with Crippen LogP contribution in [-0.2, 0) is 9.59 Å². The number of hydrogen-bond donors (Lipinski definition) is 0. The zero-order valence-electron chi connectivity index (χ0n) is 4.94. The predicted molar refractivity (Wildman–Crippen MR) is 32.3 cm³/mol. The molecule has 0 heterocycles. The summed E-state index contributed by atoms with van der Waals surface area (Å²) in [7, 11) is 0. The molecule has 0 bridgehead atoms. The van der Waals surface area contributed by atoms with Gasteiger partial charge >= 0.3 is 0 Å². The number of carbonyl (C=O) groups excluding carboxylic acids is 2. The maximum atomic E-state index is 10.0. The van der Waals surface area contributed by atoms with Gasteiger partial charge in [-0.15, -0.1) is 0 Å². The van der Waals surface area contributed by atoms with E-state index < -0.39 is 0 Å². The molecule has 46 valence electrons. The van der Waals surface area contributed by atoms with Gasteiger partial charge in [0.15, 0.2) is 0 Å². The molecule has 0 aliphatic heterocycles. The second kappa shape index (κ2) is 2.58. The molecule has 1 rings (SSSR count). The van der Waals surface area contributed by atoms with Crippen LogP contribution in [0.3, 0.4) is 0 Å². The van der Waals surface area contributed by atoms with Gasteiger partial charge in [0, 0.05) is 11.1 Å². The summed E-state index contributed by atoms with van der Waals surface area (Å²) in [5.41, 5.74) is 1.04. The molecule has 0 saturated heterocycles. The van der Waals surface area contributed by atoms with E-state index in [9.17, 15) is 9.59 Å². The molecule has 1 aliphatic rings. The van der Waals surface area contributed by atoms with Crippen LogP contribution in [0, 0.1) is 0 Å². The maximum absolute atomic E-state index is 10.0. The maximum Gasteiger partial charge on any atom is 0.229 e. The topological polar surface area (TPSA) is 34.1 Å². The van der Waals surface area contributed by atoms with Crippen LogP contribution >= 0.6 is 0 Å². The van der Waals surface area contributed by atoms with E-state index in [2.05, 4.69) is 0 Å². The lowest BCUT2D eigenvalue weighted by Gasteiger charge is -1.83. The molecule has 2 radical (unpaired) electrons. The third-order valence-electron chi connectivity index (χ3n) is 1.46. The lowest BCUT2D eigenvalue weighted by Crippen LogP contribution is -1.84. The first-order valence-corrected chi connectivity index (χ1v) is 2.87. The van der Waals surface area contributed by atoms with Crippen molar-refractivity contribution in [2.75, 3.05) is 0 Å². The lowest BCUT2D eigenvalue weighted by atomic mass is 10.2. The summed E-state index contributed by atoms with van der Waals surface area (Å²) in [5.74, 6) is 0. The summed E-state index contributed by atoms with van der Waals surface area (Å²) in [6.07, 6.45) is 5.77. The predicted octanol–water partition coefficient (Wildman–Crippen LogP) is 0.686. The summed E-state index contributed by atoms with van der Waals surface area (Å²) in [6, 6.07) is 0. The van der Waals surface area contributed by atoms with Gasteiger partial charge in [0.25, 0.3) is 0 Å². The van der Waals surface area contributed by atoms with Crippen molar-refractivity contribution in [3.8, 4) is 0 Å². The molecule has 1 aliphatic carbocycles. The second-order valence-electron chi connectivity index (χ2n) is 2.01. The van der Waals surface area contributed by atoms with Gasteiger partial charge in [-0.05, 0) is 19.3 Å². The lowest BCUT2D eigenvalue weighted by molar-refractivity contribution is 0.557. The van der Waals surface area contributed by atoms with Gasteiger partial charge in [-0.25, -0.2) is 0 Å². The molecule has 0 atom stereocenters. The molecule has 2 heteroatoms. The van der Waals surface area contributed by atoms with Crippen molar-refractivity contribution in [3.63, 3.8) is 0 Å². The molecule has 0 unspecified atom stereocenters. The van der Waals surface area contributed by atoms with Crippen LogP contribution in [0.15, 0.2) is 11.1 Å². The van der Waals surface area contributed by atoms with Crippen LogP contribution in [0.2, 0.25) is 0 Å². The SMILES string of the molecule is O=[C]C1=C([C]=O)CCC1.